The predicted octanol–water partition coefficient (Wildman–Crippen LogP) is 3.08. The zero-order chi connectivity index (χ0) is 13.3. The Morgan fingerprint density at radius 2 is 2.11 bits per heavy atom. The molecular formula is C14H20ClN3. The Labute approximate surface area is 113 Å². The Morgan fingerprint density at radius 1 is 1.39 bits per heavy atom. The Balaban J connectivity index is 2.30. The standard InChI is InChI=1S/C14H20ClN3/c1-9(2)16-6-5-13-17-14-11(15)7-10(3)8-12(14)18(13)4/h7-9,16H,5-6H2,1-4H3. The van der Waals surface area contributed by atoms with E-state index < -0.39 is 0 Å². The molecule has 0 aliphatic rings. The quantitative estimate of drug-likeness (QED) is 0.921. The largest absolute Gasteiger partial charge is 0.331 e. The molecule has 0 amide bonds. The second-order valence-corrected chi connectivity index (χ2v) is 5.47. The molecule has 3 nitrogen and oxygen atoms in total. The van der Waals surface area contributed by atoms with E-state index >= 15 is 0 Å². The van der Waals surface area contributed by atoms with E-state index in [2.05, 4.69) is 48.8 Å². The molecule has 0 atom stereocenters. The van der Waals surface area contributed by atoms with Crippen LogP contribution >= 0.6 is 11.6 Å². The van der Waals surface area contributed by atoms with Gasteiger partial charge in [0, 0.05) is 26.1 Å². The van der Waals surface area contributed by atoms with E-state index in [1.165, 1.54) is 5.56 Å². The number of halogens is 1. The summed E-state index contributed by atoms with van der Waals surface area (Å²) in [6.07, 6.45) is 0.915. The summed E-state index contributed by atoms with van der Waals surface area (Å²) in [4.78, 5) is 4.64. The molecule has 0 unspecified atom stereocenters. The van der Waals surface area contributed by atoms with Crippen LogP contribution in [-0.2, 0) is 13.5 Å². The molecule has 0 spiro atoms. The van der Waals surface area contributed by atoms with Crippen molar-refractivity contribution in [2.45, 2.75) is 33.2 Å². The Hall–Kier alpha value is -1.06. The maximum atomic E-state index is 6.24. The molecule has 0 fully saturated rings. The van der Waals surface area contributed by atoms with Gasteiger partial charge in [0.2, 0.25) is 0 Å². The number of hydrogen-bond acceptors (Lipinski definition) is 2. The molecule has 0 aliphatic carbocycles. The van der Waals surface area contributed by atoms with Crippen LogP contribution in [0, 0.1) is 6.92 Å². The molecule has 2 aromatic rings. The Morgan fingerprint density at radius 3 is 2.78 bits per heavy atom. The molecule has 0 saturated heterocycles. The monoisotopic (exact) mass is 265 g/mol. The minimum Gasteiger partial charge on any atom is -0.331 e. The van der Waals surface area contributed by atoms with E-state index in [1.54, 1.807) is 0 Å². The van der Waals surface area contributed by atoms with Crippen LogP contribution in [0.15, 0.2) is 12.1 Å². The van der Waals surface area contributed by atoms with Crippen molar-refractivity contribution in [1.29, 1.82) is 0 Å². The fourth-order valence-corrected chi connectivity index (χ4v) is 2.43. The van der Waals surface area contributed by atoms with Gasteiger partial charge in [0.1, 0.15) is 11.3 Å². The van der Waals surface area contributed by atoms with Crippen LogP contribution < -0.4 is 5.32 Å². The van der Waals surface area contributed by atoms with Gasteiger partial charge in [-0.25, -0.2) is 4.98 Å². The highest BCUT2D eigenvalue weighted by atomic mass is 35.5. The molecule has 1 aromatic heterocycles. The summed E-state index contributed by atoms with van der Waals surface area (Å²) in [6.45, 7) is 7.29. The smallest absolute Gasteiger partial charge is 0.110 e. The third-order valence-corrected chi connectivity index (χ3v) is 3.37. The Kier molecular flexibility index (Phi) is 3.93. The summed E-state index contributed by atoms with van der Waals surface area (Å²) in [5, 5.41) is 4.14. The number of benzene rings is 1. The van der Waals surface area contributed by atoms with Gasteiger partial charge in [-0.05, 0) is 24.6 Å². The summed E-state index contributed by atoms with van der Waals surface area (Å²) >= 11 is 6.24. The molecule has 0 radical (unpaired) electrons. The molecule has 2 rings (SSSR count). The van der Waals surface area contributed by atoms with Gasteiger partial charge in [0.05, 0.1) is 10.5 Å². The van der Waals surface area contributed by atoms with Crippen LogP contribution in [0.4, 0.5) is 0 Å². The van der Waals surface area contributed by atoms with Crippen molar-refractivity contribution in [3.8, 4) is 0 Å². The van der Waals surface area contributed by atoms with Crippen molar-refractivity contribution in [3.63, 3.8) is 0 Å². The summed E-state index contributed by atoms with van der Waals surface area (Å²) in [6, 6.07) is 4.60. The van der Waals surface area contributed by atoms with Crippen LogP contribution in [-0.4, -0.2) is 22.1 Å². The van der Waals surface area contributed by atoms with E-state index in [0.29, 0.717) is 6.04 Å². The number of nitrogens with zero attached hydrogens (tertiary/aromatic N) is 2. The van der Waals surface area contributed by atoms with Crippen LogP contribution in [0.1, 0.15) is 25.2 Å². The van der Waals surface area contributed by atoms with Gasteiger partial charge >= 0.3 is 0 Å². The fourth-order valence-electron chi connectivity index (χ4n) is 2.12. The molecule has 1 heterocycles. The maximum Gasteiger partial charge on any atom is 0.110 e. The highest BCUT2D eigenvalue weighted by molar-refractivity contribution is 6.35. The Bertz CT molecular complexity index is 558. The second-order valence-electron chi connectivity index (χ2n) is 5.06. The van der Waals surface area contributed by atoms with Gasteiger partial charge in [-0.1, -0.05) is 25.4 Å². The van der Waals surface area contributed by atoms with Gasteiger partial charge in [-0.2, -0.15) is 0 Å². The molecule has 98 valence electrons. The normalized spacial score (nSPS) is 11.7. The third-order valence-electron chi connectivity index (χ3n) is 3.08. The van der Waals surface area contributed by atoms with Gasteiger partial charge in [-0.3, -0.25) is 0 Å². The van der Waals surface area contributed by atoms with Crippen molar-refractivity contribution in [2.24, 2.45) is 7.05 Å². The average molecular weight is 266 g/mol. The minimum absolute atomic E-state index is 0.505. The molecule has 1 aromatic carbocycles. The average Bonchev–Trinajstić information content (AvgIpc) is 2.57. The second kappa shape index (κ2) is 5.29. The van der Waals surface area contributed by atoms with E-state index in [1.807, 2.05) is 6.07 Å². The summed E-state index contributed by atoms with van der Waals surface area (Å²) in [5.41, 5.74) is 3.19. The highest BCUT2D eigenvalue weighted by Crippen LogP contribution is 2.25. The van der Waals surface area contributed by atoms with Gasteiger partial charge in [-0.15, -0.1) is 0 Å². The molecule has 4 heteroatoms. The molecule has 0 aliphatic heterocycles. The van der Waals surface area contributed by atoms with Crippen molar-refractivity contribution in [3.05, 3.63) is 28.5 Å². The fraction of sp³-hybridized carbons (Fsp3) is 0.500. The first-order chi connectivity index (χ1) is 8.49. The lowest BCUT2D eigenvalue weighted by molar-refractivity contribution is 0.578. The van der Waals surface area contributed by atoms with Crippen LogP contribution in [0.3, 0.4) is 0 Å². The first-order valence-electron chi connectivity index (χ1n) is 6.34. The first-order valence-corrected chi connectivity index (χ1v) is 6.71. The van der Waals surface area contributed by atoms with E-state index in [0.717, 1.165) is 34.8 Å². The molecule has 18 heavy (non-hydrogen) atoms. The maximum absolute atomic E-state index is 6.24. The minimum atomic E-state index is 0.505. The van der Waals surface area contributed by atoms with Gasteiger partial charge < -0.3 is 9.88 Å². The lowest BCUT2D eigenvalue weighted by Gasteiger charge is -2.07. The summed E-state index contributed by atoms with van der Waals surface area (Å²) in [5.74, 6) is 1.07. The first kappa shape index (κ1) is 13.4. The SMILES string of the molecule is Cc1cc(Cl)c2nc(CCNC(C)C)n(C)c2c1. The van der Waals surface area contributed by atoms with E-state index in [-0.39, 0.29) is 0 Å². The van der Waals surface area contributed by atoms with Crippen molar-refractivity contribution < 1.29 is 0 Å². The van der Waals surface area contributed by atoms with Crippen LogP contribution in [0.5, 0.6) is 0 Å². The third kappa shape index (κ3) is 2.68. The lowest BCUT2D eigenvalue weighted by atomic mass is 10.2. The van der Waals surface area contributed by atoms with E-state index in [4.69, 9.17) is 11.6 Å². The number of fused-ring (bicyclic) bond motifs is 1. The number of imidazole rings is 1. The number of hydrogen-bond donors (Lipinski definition) is 1. The number of aromatic nitrogens is 2. The van der Waals surface area contributed by atoms with Crippen molar-refractivity contribution in [1.82, 2.24) is 14.9 Å². The van der Waals surface area contributed by atoms with Gasteiger partial charge in [0.25, 0.3) is 0 Å². The predicted molar refractivity (Wildman–Crippen MR) is 77.3 cm³/mol. The van der Waals surface area contributed by atoms with Crippen molar-refractivity contribution >= 4 is 22.6 Å². The number of aryl methyl sites for hydroxylation is 2. The topological polar surface area (TPSA) is 29.9 Å². The molecular weight excluding hydrogens is 246 g/mol. The van der Waals surface area contributed by atoms with E-state index in [9.17, 15) is 0 Å². The lowest BCUT2D eigenvalue weighted by Crippen LogP contribution is -2.25. The van der Waals surface area contributed by atoms with Crippen LogP contribution in [0.2, 0.25) is 5.02 Å². The number of rotatable bonds is 4. The number of nitrogens with one attached hydrogen (secondary N) is 1. The zero-order valence-corrected chi connectivity index (χ0v) is 12.2. The van der Waals surface area contributed by atoms with Crippen LogP contribution in [0.25, 0.3) is 11.0 Å². The molecule has 0 bridgehead atoms. The zero-order valence-electron chi connectivity index (χ0n) is 11.4. The molecule has 1 N–H and O–H groups in total. The highest BCUT2D eigenvalue weighted by Gasteiger charge is 2.11. The van der Waals surface area contributed by atoms with Gasteiger partial charge in [0.15, 0.2) is 0 Å². The summed E-state index contributed by atoms with van der Waals surface area (Å²) < 4.78 is 2.14. The van der Waals surface area contributed by atoms with Crippen molar-refractivity contribution in [2.75, 3.05) is 6.54 Å². The summed E-state index contributed by atoms with van der Waals surface area (Å²) in [7, 11) is 2.05. The molecule has 0 saturated carbocycles.